The largest absolute Gasteiger partial charge is 0.477 e. The molecule has 1 amide bonds. The molecule has 2 aromatic rings. The van der Waals surface area contributed by atoms with Crippen molar-refractivity contribution in [1.82, 2.24) is 29.4 Å². The van der Waals surface area contributed by atoms with E-state index in [0.29, 0.717) is 13.1 Å². The van der Waals surface area contributed by atoms with E-state index in [2.05, 4.69) is 28.2 Å². The van der Waals surface area contributed by atoms with Crippen LogP contribution in [0.2, 0.25) is 0 Å². The fourth-order valence-electron chi connectivity index (χ4n) is 3.13. The molecule has 0 aliphatic carbocycles. The molecule has 1 aliphatic heterocycles. The van der Waals surface area contributed by atoms with Crippen LogP contribution in [0.4, 0.5) is 0 Å². The monoisotopic (exact) mass is 360 g/mol. The SMILES string of the molecule is CCn1cc(CN2CCN(C(=O)CCn3nccc3C(=O)O)CC2)cn1. The molecular formula is C17H24N6O3. The number of aromatic carboxylic acids is 1. The highest BCUT2D eigenvalue weighted by molar-refractivity contribution is 5.85. The lowest BCUT2D eigenvalue weighted by Gasteiger charge is -2.34. The fourth-order valence-corrected chi connectivity index (χ4v) is 3.13. The van der Waals surface area contributed by atoms with Crippen molar-refractivity contribution in [2.24, 2.45) is 0 Å². The number of aromatic nitrogens is 4. The second-order valence-electron chi connectivity index (χ2n) is 6.36. The van der Waals surface area contributed by atoms with Gasteiger partial charge in [-0.2, -0.15) is 10.2 Å². The average molecular weight is 360 g/mol. The Morgan fingerprint density at radius 3 is 2.62 bits per heavy atom. The standard InChI is InChI=1S/C17H24N6O3/c1-2-22-13-14(11-19-22)12-20-7-9-21(10-8-20)16(24)4-6-23-15(17(25)26)3-5-18-23/h3,5,11,13H,2,4,6-10,12H2,1H3,(H,25,26). The van der Waals surface area contributed by atoms with Crippen molar-refractivity contribution >= 4 is 11.9 Å². The van der Waals surface area contributed by atoms with Gasteiger partial charge in [0.2, 0.25) is 5.91 Å². The van der Waals surface area contributed by atoms with Gasteiger partial charge in [0.15, 0.2) is 0 Å². The molecular weight excluding hydrogens is 336 g/mol. The molecule has 0 aromatic carbocycles. The van der Waals surface area contributed by atoms with Crippen molar-refractivity contribution in [1.29, 1.82) is 0 Å². The lowest BCUT2D eigenvalue weighted by Crippen LogP contribution is -2.48. The third kappa shape index (κ3) is 4.29. The molecule has 9 heteroatoms. The van der Waals surface area contributed by atoms with E-state index in [-0.39, 0.29) is 24.6 Å². The molecule has 0 unspecified atom stereocenters. The van der Waals surface area contributed by atoms with Gasteiger partial charge in [0.1, 0.15) is 5.69 Å². The van der Waals surface area contributed by atoms with Gasteiger partial charge < -0.3 is 10.0 Å². The highest BCUT2D eigenvalue weighted by Crippen LogP contribution is 2.10. The fraction of sp³-hybridized carbons (Fsp3) is 0.529. The number of carboxylic acid groups (broad SMARTS) is 1. The number of hydrogen-bond donors (Lipinski definition) is 1. The zero-order valence-electron chi connectivity index (χ0n) is 14.9. The first kappa shape index (κ1) is 18.1. The van der Waals surface area contributed by atoms with E-state index >= 15 is 0 Å². The number of carbonyl (C=O) groups is 2. The smallest absolute Gasteiger partial charge is 0.354 e. The van der Waals surface area contributed by atoms with E-state index in [0.717, 1.165) is 26.2 Å². The first-order valence-electron chi connectivity index (χ1n) is 8.83. The summed E-state index contributed by atoms with van der Waals surface area (Å²) in [6, 6.07) is 1.44. The van der Waals surface area contributed by atoms with E-state index in [4.69, 9.17) is 5.11 Å². The Balaban J connectivity index is 1.44. The van der Waals surface area contributed by atoms with E-state index in [1.54, 1.807) is 0 Å². The van der Waals surface area contributed by atoms with Crippen molar-refractivity contribution in [3.05, 3.63) is 35.9 Å². The molecule has 1 N–H and O–H groups in total. The van der Waals surface area contributed by atoms with Crippen molar-refractivity contribution < 1.29 is 14.7 Å². The second-order valence-corrected chi connectivity index (χ2v) is 6.36. The highest BCUT2D eigenvalue weighted by atomic mass is 16.4. The Bertz CT molecular complexity index is 760. The first-order chi connectivity index (χ1) is 12.6. The summed E-state index contributed by atoms with van der Waals surface area (Å²) < 4.78 is 3.28. The van der Waals surface area contributed by atoms with Gasteiger partial charge in [-0.15, -0.1) is 0 Å². The van der Waals surface area contributed by atoms with Gasteiger partial charge in [0, 0.05) is 63.6 Å². The number of aryl methyl sites for hydroxylation is 2. The minimum absolute atomic E-state index is 0.0373. The summed E-state index contributed by atoms with van der Waals surface area (Å²) in [5.74, 6) is -0.995. The van der Waals surface area contributed by atoms with Crippen LogP contribution in [0.1, 0.15) is 29.4 Å². The summed E-state index contributed by atoms with van der Waals surface area (Å²) >= 11 is 0. The van der Waals surface area contributed by atoms with Crippen LogP contribution < -0.4 is 0 Å². The number of piperazine rings is 1. The lowest BCUT2D eigenvalue weighted by molar-refractivity contribution is -0.133. The van der Waals surface area contributed by atoms with Crippen molar-refractivity contribution in [3.8, 4) is 0 Å². The molecule has 26 heavy (non-hydrogen) atoms. The topological polar surface area (TPSA) is 96.5 Å². The summed E-state index contributed by atoms with van der Waals surface area (Å²) in [4.78, 5) is 27.6. The van der Waals surface area contributed by atoms with Gasteiger partial charge in [-0.1, -0.05) is 0 Å². The second kappa shape index (κ2) is 8.13. The maximum atomic E-state index is 12.4. The molecule has 0 spiro atoms. The molecule has 0 radical (unpaired) electrons. The third-order valence-corrected chi connectivity index (χ3v) is 4.62. The quantitative estimate of drug-likeness (QED) is 0.774. The van der Waals surface area contributed by atoms with Crippen LogP contribution in [-0.2, 0) is 24.4 Å². The molecule has 1 fully saturated rings. The number of amides is 1. The Kier molecular flexibility index (Phi) is 5.67. The lowest BCUT2D eigenvalue weighted by atomic mass is 10.2. The Hall–Kier alpha value is -2.68. The van der Waals surface area contributed by atoms with Crippen molar-refractivity contribution in [2.75, 3.05) is 26.2 Å². The summed E-state index contributed by atoms with van der Waals surface area (Å²) in [6.07, 6.45) is 5.64. The van der Waals surface area contributed by atoms with Crippen molar-refractivity contribution in [3.63, 3.8) is 0 Å². The minimum Gasteiger partial charge on any atom is -0.477 e. The van der Waals surface area contributed by atoms with Gasteiger partial charge in [-0.25, -0.2) is 4.79 Å². The maximum absolute atomic E-state index is 12.4. The van der Waals surface area contributed by atoms with Crippen LogP contribution in [0.15, 0.2) is 24.7 Å². The Morgan fingerprint density at radius 1 is 1.19 bits per heavy atom. The van der Waals surface area contributed by atoms with Crippen LogP contribution in [-0.4, -0.2) is 72.5 Å². The van der Waals surface area contributed by atoms with E-state index in [9.17, 15) is 9.59 Å². The van der Waals surface area contributed by atoms with Gasteiger partial charge in [0.05, 0.1) is 12.7 Å². The number of carbonyl (C=O) groups excluding carboxylic acids is 1. The summed E-state index contributed by atoms with van der Waals surface area (Å²) in [6.45, 7) is 7.07. The number of rotatable bonds is 7. The molecule has 1 saturated heterocycles. The molecule has 9 nitrogen and oxygen atoms in total. The minimum atomic E-state index is -1.03. The van der Waals surface area contributed by atoms with Crippen LogP contribution in [0.3, 0.4) is 0 Å². The molecule has 0 atom stereocenters. The molecule has 0 saturated carbocycles. The number of nitrogens with zero attached hydrogens (tertiary/aromatic N) is 6. The maximum Gasteiger partial charge on any atom is 0.354 e. The molecule has 140 valence electrons. The Labute approximate surface area is 151 Å². The van der Waals surface area contributed by atoms with E-state index < -0.39 is 5.97 Å². The highest BCUT2D eigenvalue weighted by Gasteiger charge is 2.22. The summed E-state index contributed by atoms with van der Waals surface area (Å²) in [5, 5.41) is 17.3. The molecule has 1 aliphatic rings. The third-order valence-electron chi connectivity index (χ3n) is 4.62. The van der Waals surface area contributed by atoms with Crippen molar-refractivity contribution in [2.45, 2.75) is 33.0 Å². The molecule has 2 aromatic heterocycles. The first-order valence-corrected chi connectivity index (χ1v) is 8.83. The normalized spacial score (nSPS) is 15.3. The van der Waals surface area contributed by atoms with Gasteiger partial charge >= 0.3 is 5.97 Å². The van der Waals surface area contributed by atoms with E-state index in [1.807, 2.05) is 15.8 Å². The zero-order valence-corrected chi connectivity index (χ0v) is 14.9. The number of carboxylic acids is 1. The summed E-state index contributed by atoms with van der Waals surface area (Å²) in [5.41, 5.74) is 1.29. The van der Waals surface area contributed by atoms with Crippen LogP contribution >= 0.6 is 0 Å². The van der Waals surface area contributed by atoms with Crippen LogP contribution in [0, 0.1) is 0 Å². The Morgan fingerprint density at radius 2 is 1.96 bits per heavy atom. The van der Waals surface area contributed by atoms with E-state index in [1.165, 1.54) is 22.5 Å². The van der Waals surface area contributed by atoms with Gasteiger partial charge in [0.25, 0.3) is 0 Å². The van der Waals surface area contributed by atoms with Gasteiger partial charge in [-0.05, 0) is 13.0 Å². The number of hydrogen-bond acceptors (Lipinski definition) is 5. The van der Waals surface area contributed by atoms with Crippen LogP contribution in [0.5, 0.6) is 0 Å². The molecule has 0 bridgehead atoms. The molecule has 3 rings (SSSR count). The summed E-state index contributed by atoms with van der Waals surface area (Å²) in [7, 11) is 0. The predicted molar refractivity (Wildman–Crippen MR) is 93.6 cm³/mol. The van der Waals surface area contributed by atoms with Gasteiger partial charge in [-0.3, -0.25) is 19.1 Å². The zero-order chi connectivity index (χ0) is 18.5. The molecule has 3 heterocycles. The predicted octanol–water partition coefficient (Wildman–Crippen LogP) is 0.532. The van der Waals surface area contributed by atoms with Crippen LogP contribution in [0.25, 0.3) is 0 Å². The average Bonchev–Trinajstić information content (AvgIpc) is 3.29.